The van der Waals surface area contributed by atoms with Crippen molar-refractivity contribution in [1.29, 1.82) is 0 Å². The van der Waals surface area contributed by atoms with E-state index >= 15 is 0 Å². The lowest BCUT2D eigenvalue weighted by Crippen LogP contribution is -2.35. The zero-order chi connectivity index (χ0) is 16.9. The maximum Gasteiger partial charge on any atom is 0.234 e. The molecule has 2 N–H and O–H groups in total. The number of fused-ring (bicyclic) bond motifs is 1. The van der Waals surface area contributed by atoms with E-state index in [1.165, 1.54) is 5.56 Å². The number of benzene rings is 1. The normalized spacial score (nSPS) is 12.2. The van der Waals surface area contributed by atoms with Gasteiger partial charge in [0.05, 0.1) is 12.6 Å². The summed E-state index contributed by atoms with van der Waals surface area (Å²) >= 11 is 0. The fraction of sp³-hybridized carbons (Fsp3) is 0.278. The number of hydrogen-bond donors (Lipinski definition) is 2. The predicted molar refractivity (Wildman–Crippen MR) is 92.4 cm³/mol. The molecule has 24 heavy (non-hydrogen) atoms. The Morgan fingerprint density at radius 2 is 2.08 bits per heavy atom. The van der Waals surface area contributed by atoms with E-state index in [1.807, 2.05) is 60.8 Å². The fourth-order valence-electron chi connectivity index (χ4n) is 2.58. The molecule has 0 aliphatic rings. The van der Waals surface area contributed by atoms with Crippen molar-refractivity contribution in [2.24, 2.45) is 0 Å². The summed E-state index contributed by atoms with van der Waals surface area (Å²) in [6.07, 6.45) is 1.92. The van der Waals surface area contributed by atoms with Gasteiger partial charge in [-0.2, -0.15) is 0 Å². The fourth-order valence-corrected chi connectivity index (χ4v) is 2.58. The second-order valence-corrected chi connectivity index (χ2v) is 5.86. The van der Waals surface area contributed by atoms with Crippen molar-refractivity contribution in [1.82, 2.24) is 25.2 Å². The molecule has 6 nitrogen and oxygen atoms in total. The van der Waals surface area contributed by atoms with Crippen molar-refractivity contribution in [3.05, 3.63) is 65.6 Å². The Labute approximate surface area is 140 Å². The minimum atomic E-state index is -0.0767. The number of carbonyl (C=O) groups excluding carboxylic acids is 1. The molecule has 0 radical (unpaired) electrons. The van der Waals surface area contributed by atoms with Crippen molar-refractivity contribution in [2.45, 2.75) is 26.4 Å². The second-order valence-electron chi connectivity index (χ2n) is 5.86. The molecule has 0 aliphatic heterocycles. The molecule has 0 unspecified atom stereocenters. The van der Waals surface area contributed by atoms with Crippen molar-refractivity contribution >= 4 is 11.6 Å². The topological polar surface area (TPSA) is 71.3 Å². The molecule has 2 aromatic heterocycles. The molecule has 3 aromatic rings. The standard InChI is InChI=1S/C18H21N5O/c1-13-6-5-7-15(10-13)11-20-17(24)12-19-14(2)18-22-21-16-8-3-4-9-23(16)18/h3-10,14,19H,11-12H2,1-2H3,(H,20,24)/t14-/m0/s1. The minimum absolute atomic E-state index is 0.0443. The Balaban J connectivity index is 1.52. The smallest absolute Gasteiger partial charge is 0.234 e. The van der Waals surface area contributed by atoms with Gasteiger partial charge in [0.15, 0.2) is 11.5 Å². The van der Waals surface area contributed by atoms with Crippen LogP contribution in [0.4, 0.5) is 0 Å². The van der Waals surface area contributed by atoms with E-state index in [9.17, 15) is 4.79 Å². The molecule has 1 amide bonds. The van der Waals surface area contributed by atoms with Gasteiger partial charge in [-0.3, -0.25) is 14.5 Å². The van der Waals surface area contributed by atoms with Gasteiger partial charge in [0.1, 0.15) is 0 Å². The Hall–Kier alpha value is -2.73. The number of hydrogen-bond acceptors (Lipinski definition) is 4. The van der Waals surface area contributed by atoms with Gasteiger partial charge in [-0.15, -0.1) is 10.2 Å². The van der Waals surface area contributed by atoms with Gasteiger partial charge in [0.2, 0.25) is 5.91 Å². The number of nitrogens with one attached hydrogen (secondary N) is 2. The molecular weight excluding hydrogens is 302 g/mol. The van der Waals surface area contributed by atoms with E-state index in [4.69, 9.17) is 0 Å². The van der Waals surface area contributed by atoms with Gasteiger partial charge in [0, 0.05) is 12.7 Å². The van der Waals surface area contributed by atoms with Crippen LogP contribution >= 0.6 is 0 Å². The van der Waals surface area contributed by atoms with E-state index < -0.39 is 0 Å². The Bertz CT molecular complexity index is 842. The summed E-state index contributed by atoms with van der Waals surface area (Å²) in [5.74, 6) is 0.745. The highest BCUT2D eigenvalue weighted by Crippen LogP contribution is 2.11. The van der Waals surface area contributed by atoms with Crippen LogP contribution in [0, 0.1) is 6.92 Å². The van der Waals surface area contributed by atoms with E-state index in [1.54, 1.807) is 0 Å². The van der Waals surface area contributed by atoms with Crippen LogP contribution in [0.3, 0.4) is 0 Å². The summed E-state index contributed by atoms with van der Waals surface area (Å²) in [5.41, 5.74) is 3.08. The van der Waals surface area contributed by atoms with Gasteiger partial charge in [-0.1, -0.05) is 35.9 Å². The summed E-state index contributed by atoms with van der Waals surface area (Å²) in [5, 5.41) is 14.4. The highest BCUT2D eigenvalue weighted by molar-refractivity contribution is 5.78. The van der Waals surface area contributed by atoms with E-state index in [2.05, 4.69) is 26.9 Å². The average Bonchev–Trinajstić information content (AvgIpc) is 3.02. The lowest BCUT2D eigenvalue weighted by Gasteiger charge is -2.12. The monoisotopic (exact) mass is 323 g/mol. The van der Waals surface area contributed by atoms with Crippen molar-refractivity contribution in [2.75, 3.05) is 6.54 Å². The Kier molecular flexibility index (Phi) is 4.86. The van der Waals surface area contributed by atoms with Gasteiger partial charge in [-0.25, -0.2) is 0 Å². The molecule has 0 aliphatic carbocycles. The van der Waals surface area contributed by atoms with E-state index in [0.717, 1.165) is 17.0 Å². The third-order valence-electron chi connectivity index (χ3n) is 3.87. The van der Waals surface area contributed by atoms with Crippen LogP contribution in [0.25, 0.3) is 5.65 Å². The molecule has 1 atom stereocenters. The molecule has 0 saturated heterocycles. The van der Waals surface area contributed by atoms with Crippen molar-refractivity contribution < 1.29 is 4.79 Å². The summed E-state index contributed by atoms with van der Waals surface area (Å²) < 4.78 is 1.92. The Morgan fingerprint density at radius 1 is 1.21 bits per heavy atom. The lowest BCUT2D eigenvalue weighted by atomic mass is 10.1. The highest BCUT2D eigenvalue weighted by atomic mass is 16.1. The van der Waals surface area contributed by atoms with Crippen LogP contribution in [0.1, 0.15) is 29.9 Å². The number of amides is 1. The SMILES string of the molecule is Cc1cccc(CNC(=O)CN[C@@H](C)c2nnc3ccccn23)c1. The molecule has 0 bridgehead atoms. The van der Waals surface area contributed by atoms with Gasteiger partial charge in [0.25, 0.3) is 0 Å². The molecule has 3 rings (SSSR count). The third kappa shape index (κ3) is 3.78. The van der Waals surface area contributed by atoms with Crippen molar-refractivity contribution in [3.8, 4) is 0 Å². The first kappa shape index (κ1) is 16.1. The van der Waals surface area contributed by atoms with Gasteiger partial charge in [-0.05, 0) is 31.5 Å². The van der Waals surface area contributed by atoms with E-state index in [-0.39, 0.29) is 18.5 Å². The minimum Gasteiger partial charge on any atom is -0.351 e. The number of carbonyl (C=O) groups is 1. The van der Waals surface area contributed by atoms with Crippen LogP contribution in [-0.4, -0.2) is 27.0 Å². The lowest BCUT2D eigenvalue weighted by molar-refractivity contribution is -0.120. The van der Waals surface area contributed by atoms with Crippen molar-refractivity contribution in [3.63, 3.8) is 0 Å². The zero-order valence-corrected chi connectivity index (χ0v) is 13.9. The first-order valence-corrected chi connectivity index (χ1v) is 7.99. The summed E-state index contributed by atoms with van der Waals surface area (Å²) in [7, 11) is 0. The Morgan fingerprint density at radius 3 is 2.92 bits per heavy atom. The molecular formula is C18H21N5O. The third-order valence-corrected chi connectivity index (χ3v) is 3.87. The summed E-state index contributed by atoms with van der Waals surface area (Å²) in [6.45, 7) is 4.77. The first-order chi connectivity index (χ1) is 11.6. The largest absolute Gasteiger partial charge is 0.351 e. The maximum atomic E-state index is 12.0. The molecule has 1 aromatic carbocycles. The zero-order valence-electron chi connectivity index (χ0n) is 13.9. The van der Waals surface area contributed by atoms with Crippen LogP contribution in [0.5, 0.6) is 0 Å². The number of aromatic nitrogens is 3. The van der Waals surface area contributed by atoms with Crippen LogP contribution < -0.4 is 10.6 Å². The maximum absolute atomic E-state index is 12.0. The van der Waals surface area contributed by atoms with Gasteiger partial charge >= 0.3 is 0 Å². The van der Waals surface area contributed by atoms with Crippen LogP contribution in [-0.2, 0) is 11.3 Å². The van der Waals surface area contributed by atoms with Crippen LogP contribution in [0.15, 0.2) is 48.7 Å². The number of pyridine rings is 1. The summed E-state index contributed by atoms with van der Waals surface area (Å²) in [4.78, 5) is 12.0. The molecule has 2 heterocycles. The summed E-state index contributed by atoms with van der Waals surface area (Å²) in [6, 6.07) is 13.8. The quantitative estimate of drug-likeness (QED) is 0.728. The second kappa shape index (κ2) is 7.23. The van der Waals surface area contributed by atoms with Crippen LogP contribution in [0.2, 0.25) is 0 Å². The van der Waals surface area contributed by atoms with E-state index in [0.29, 0.717) is 6.54 Å². The molecule has 124 valence electrons. The highest BCUT2D eigenvalue weighted by Gasteiger charge is 2.13. The first-order valence-electron chi connectivity index (χ1n) is 7.99. The van der Waals surface area contributed by atoms with Gasteiger partial charge < -0.3 is 5.32 Å². The molecule has 0 saturated carbocycles. The average molecular weight is 323 g/mol. The number of rotatable bonds is 6. The molecule has 0 spiro atoms. The number of aryl methyl sites for hydroxylation is 1. The molecule has 6 heteroatoms. The molecule has 0 fully saturated rings. The number of nitrogens with zero attached hydrogens (tertiary/aromatic N) is 3. The predicted octanol–water partition coefficient (Wildman–Crippen LogP) is 2.00.